The van der Waals surface area contributed by atoms with Gasteiger partial charge in [-0.3, -0.25) is 4.79 Å². The fourth-order valence-corrected chi connectivity index (χ4v) is 3.59. The molecule has 0 heterocycles. The smallest absolute Gasteiger partial charge is 0.305 e. The van der Waals surface area contributed by atoms with E-state index in [0.717, 1.165) is 37.8 Å². The second kappa shape index (κ2) is 6.05. The molecule has 1 aromatic rings. The van der Waals surface area contributed by atoms with Crippen molar-refractivity contribution in [2.45, 2.75) is 49.0 Å². The quantitative estimate of drug-likeness (QED) is 0.873. The van der Waals surface area contributed by atoms with Crippen molar-refractivity contribution >= 4 is 21.5 Å². The van der Waals surface area contributed by atoms with Crippen LogP contribution in [0.1, 0.15) is 38.5 Å². The summed E-state index contributed by atoms with van der Waals surface area (Å²) in [6.07, 6.45) is 6.07. The first-order chi connectivity index (χ1) is 9.81. The van der Waals surface area contributed by atoms with E-state index in [1.54, 1.807) is 24.3 Å². The number of anilines is 1. The molecule has 0 radical (unpaired) electrons. The molecule has 1 aliphatic carbocycles. The molecular formula is C15H21NO4S. The van der Waals surface area contributed by atoms with Gasteiger partial charge in [-0.15, -0.1) is 0 Å². The largest absolute Gasteiger partial charge is 0.481 e. The van der Waals surface area contributed by atoms with Crippen LogP contribution in [0.3, 0.4) is 0 Å². The summed E-state index contributed by atoms with van der Waals surface area (Å²) in [4.78, 5) is 11.4. The lowest BCUT2D eigenvalue weighted by atomic mass is 9.79. The number of hydrogen-bond acceptors (Lipinski definition) is 4. The fraction of sp³-hybridized carbons (Fsp3) is 0.533. The van der Waals surface area contributed by atoms with Crippen LogP contribution < -0.4 is 5.32 Å². The minimum Gasteiger partial charge on any atom is -0.481 e. The summed E-state index contributed by atoms with van der Waals surface area (Å²) < 4.78 is 22.9. The molecule has 2 N–H and O–H groups in total. The standard InChI is InChI=1S/C15H21NO4S/c1-21(19,20)13-7-5-12(6-8-13)16-15(11-14(17)18)9-3-2-4-10-15/h5-8,16H,2-4,9-11H2,1H3,(H,17,18). The van der Waals surface area contributed by atoms with Crippen LogP contribution >= 0.6 is 0 Å². The summed E-state index contributed by atoms with van der Waals surface area (Å²) in [5.74, 6) is -0.808. The van der Waals surface area contributed by atoms with E-state index in [4.69, 9.17) is 5.11 Å². The number of sulfone groups is 1. The molecule has 0 unspecified atom stereocenters. The Labute approximate surface area is 125 Å². The molecule has 0 spiro atoms. The van der Waals surface area contributed by atoms with Gasteiger partial charge in [-0.2, -0.15) is 0 Å². The molecule has 0 saturated heterocycles. The molecule has 6 heteroatoms. The number of rotatable bonds is 5. The van der Waals surface area contributed by atoms with E-state index in [2.05, 4.69) is 5.32 Å². The summed E-state index contributed by atoms with van der Waals surface area (Å²) in [7, 11) is -3.21. The molecule has 21 heavy (non-hydrogen) atoms. The van der Waals surface area contributed by atoms with Crippen molar-refractivity contribution in [2.75, 3.05) is 11.6 Å². The molecule has 116 valence electrons. The first kappa shape index (κ1) is 15.8. The summed E-state index contributed by atoms with van der Waals surface area (Å²) in [6.45, 7) is 0. The van der Waals surface area contributed by atoms with Gasteiger partial charge < -0.3 is 10.4 Å². The maximum atomic E-state index is 11.4. The van der Waals surface area contributed by atoms with Crippen LogP contribution in [0.5, 0.6) is 0 Å². The summed E-state index contributed by atoms with van der Waals surface area (Å²) in [6, 6.07) is 6.51. The van der Waals surface area contributed by atoms with Crippen LogP contribution in [0.2, 0.25) is 0 Å². The van der Waals surface area contributed by atoms with E-state index in [-0.39, 0.29) is 11.3 Å². The number of nitrogens with one attached hydrogen (secondary N) is 1. The molecule has 0 atom stereocenters. The molecule has 0 amide bonds. The maximum Gasteiger partial charge on any atom is 0.305 e. The minimum atomic E-state index is -3.21. The van der Waals surface area contributed by atoms with Crippen molar-refractivity contribution in [1.29, 1.82) is 0 Å². The first-order valence-electron chi connectivity index (χ1n) is 7.11. The Hall–Kier alpha value is -1.56. The van der Waals surface area contributed by atoms with Crippen LogP contribution in [-0.4, -0.2) is 31.3 Å². The maximum absolute atomic E-state index is 11.4. The summed E-state index contributed by atoms with van der Waals surface area (Å²) in [5.41, 5.74) is 0.349. The van der Waals surface area contributed by atoms with E-state index in [1.165, 1.54) is 6.26 Å². The van der Waals surface area contributed by atoms with E-state index in [1.807, 2.05) is 0 Å². The van der Waals surface area contributed by atoms with E-state index >= 15 is 0 Å². The average Bonchev–Trinajstić information content (AvgIpc) is 2.38. The van der Waals surface area contributed by atoms with Gasteiger partial charge in [-0.25, -0.2) is 8.42 Å². The molecule has 2 rings (SSSR count). The second-order valence-electron chi connectivity index (χ2n) is 5.83. The Morgan fingerprint density at radius 3 is 2.24 bits per heavy atom. The van der Waals surface area contributed by atoms with E-state index in [9.17, 15) is 13.2 Å². The third-order valence-corrected chi connectivity index (χ3v) is 5.12. The molecule has 1 saturated carbocycles. The lowest BCUT2D eigenvalue weighted by molar-refractivity contribution is -0.138. The van der Waals surface area contributed by atoms with Gasteiger partial charge in [0.2, 0.25) is 0 Å². The normalized spacial score (nSPS) is 18.1. The van der Waals surface area contributed by atoms with Gasteiger partial charge in [-0.05, 0) is 37.1 Å². The van der Waals surface area contributed by atoms with Crippen LogP contribution in [0.4, 0.5) is 5.69 Å². The number of hydrogen-bond donors (Lipinski definition) is 2. The Morgan fingerprint density at radius 2 is 1.76 bits per heavy atom. The van der Waals surface area contributed by atoms with E-state index < -0.39 is 21.3 Å². The van der Waals surface area contributed by atoms with Gasteiger partial charge in [0.1, 0.15) is 0 Å². The molecular weight excluding hydrogens is 290 g/mol. The number of carboxylic acids is 1. The highest BCUT2D eigenvalue weighted by atomic mass is 32.2. The van der Waals surface area contributed by atoms with Gasteiger partial charge in [0.25, 0.3) is 0 Å². The SMILES string of the molecule is CS(=O)(=O)c1ccc(NC2(CC(=O)O)CCCCC2)cc1. The minimum absolute atomic E-state index is 0.0842. The monoisotopic (exact) mass is 311 g/mol. The number of carboxylic acid groups (broad SMARTS) is 1. The zero-order valence-corrected chi connectivity index (χ0v) is 12.9. The van der Waals surface area contributed by atoms with Crippen LogP contribution in [0, 0.1) is 0 Å². The van der Waals surface area contributed by atoms with Crippen LogP contribution in [-0.2, 0) is 14.6 Å². The number of benzene rings is 1. The van der Waals surface area contributed by atoms with Gasteiger partial charge in [-0.1, -0.05) is 19.3 Å². The Kier molecular flexibility index (Phi) is 4.56. The molecule has 1 fully saturated rings. The van der Waals surface area contributed by atoms with Gasteiger partial charge in [0, 0.05) is 17.5 Å². The highest BCUT2D eigenvalue weighted by Gasteiger charge is 2.34. The average molecular weight is 311 g/mol. The van der Waals surface area contributed by atoms with Gasteiger partial charge in [0.15, 0.2) is 9.84 Å². The zero-order valence-electron chi connectivity index (χ0n) is 12.1. The molecule has 0 aromatic heterocycles. The topological polar surface area (TPSA) is 83.5 Å². The number of carbonyl (C=O) groups is 1. The third kappa shape index (κ3) is 4.20. The molecule has 1 aromatic carbocycles. The van der Waals surface area contributed by atoms with Crippen molar-refractivity contribution in [3.8, 4) is 0 Å². The molecule has 0 bridgehead atoms. The zero-order chi connectivity index (χ0) is 15.5. The predicted molar refractivity (Wildman–Crippen MR) is 81.2 cm³/mol. The van der Waals surface area contributed by atoms with Crippen molar-refractivity contribution in [3.05, 3.63) is 24.3 Å². The highest BCUT2D eigenvalue weighted by Crippen LogP contribution is 2.34. The van der Waals surface area contributed by atoms with Crippen molar-refractivity contribution in [2.24, 2.45) is 0 Å². The van der Waals surface area contributed by atoms with Gasteiger partial charge >= 0.3 is 5.97 Å². The van der Waals surface area contributed by atoms with Crippen LogP contribution in [0.25, 0.3) is 0 Å². The number of aliphatic carboxylic acids is 1. The first-order valence-corrected chi connectivity index (χ1v) is 9.00. The van der Waals surface area contributed by atoms with Crippen LogP contribution in [0.15, 0.2) is 29.2 Å². The van der Waals surface area contributed by atoms with Crippen molar-refractivity contribution in [1.82, 2.24) is 0 Å². The Morgan fingerprint density at radius 1 is 1.19 bits per heavy atom. The predicted octanol–water partition coefficient (Wildman–Crippen LogP) is 2.68. The lowest BCUT2D eigenvalue weighted by Crippen LogP contribution is -2.42. The Bertz CT molecular complexity index is 601. The second-order valence-corrected chi connectivity index (χ2v) is 7.85. The molecule has 0 aliphatic heterocycles. The molecule has 1 aliphatic rings. The van der Waals surface area contributed by atoms with E-state index in [0.29, 0.717) is 0 Å². The molecule has 5 nitrogen and oxygen atoms in total. The highest BCUT2D eigenvalue weighted by molar-refractivity contribution is 7.90. The Balaban J connectivity index is 2.18. The summed E-state index contributed by atoms with van der Waals surface area (Å²) >= 11 is 0. The lowest BCUT2D eigenvalue weighted by Gasteiger charge is -2.38. The van der Waals surface area contributed by atoms with Gasteiger partial charge in [0.05, 0.1) is 11.3 Å². The fourth-order valence-electron chi connectivity index (χ4n) is 2.96. The van der Waals surface area contributed by atoms with Crippen molar-refractivity contribution in [3.63, 3.8) is 0 Å². The third-order valence-electron chi connectivity index (χ3n) is 3.99. The summed E-state index contributed by atoms with van der Waals surface area (Å²) in [5, 5.41) is 12.5. The van der Waals surface area contributed by atoms with Crippen molar-refractivity contribution < 1.29 is 18.3 Å².